The quantitative estimate of drug-likeness (QED) is 0.182. The monoisotopic (exact) mass is 546 g/mol. The van der Waals surface area contributed by atoms with Crippen molar-refractivity contribution in [2.24, 2.45) is 5.92 Å². The van der Waals surface area contributed by atoms with Gasteiger partial charge in [-0.25, -0.2) is 9.97 Å². The average Bonchev–Trinajstić information content (AvgIpc) is 2.98. The zero-order chi connectivity index (χ0) is 28.6. The number of aliphatic hydroxyl groups is 1. The van der Waals surface area contributed by atoms with Gasteiger partial charge in [-0.3, -0.25) is 9.78 Å². The number of hydrogen-bond acceptors (Lipinski definition) is 8. The van der Waals surface area contributed by atoms with Crippen molar-refractivity contribution in [2.75, 3.05) is 10.6 Å². The standard InChI is InChI=1S/C33H34N6O2/c1-22(2)19-31(41)24-16-18-34-27(20-24)11-8-23-6-9-26(10-7-23)38-33-36-21-29(30-5-3-4-17-35-30)32(39-33)37-25-12-14-28(40)15-13-25/h3-7,9-10,16-18,20-22,25,28,40H,12-15,19H2,1-2H3,(H2,36,37,38,39). The van der Waals surface area contributed by atoms with E-state index < -0.39 is 0 Å². The molecule has 8 heteroatoms. The van der Waals surface area contributed by atoms with Gasteiger partial charge in [0, 0.05) is 47.9 Å². The highest BCUT2D eigenvalue weighted by Crippen LogP contribution is 2.29. The predicted molar refractivity (Wildman–Crippen MR) is 161 cm³/mol. The third-order valence-corrected chi connectivity index (χ3v) is 6.92. The molecule has 3 N–H and O–H groups in total. The van der Waals surface area contributed by atoms with Gasteiger partial charge in [0.1, 0.15) is 11.5 Å². The molecule has 3 aromatic heterocycles. The Labute approximate surface area is 240 Å². The van der Waals surface area contributed by atoms with Crippen LogP contribution in [-0.4, -0.2) is 43.0 Å². The Hall–Kier alpha value is -4.61. The highest BCUT2D eigenvalue weighted by molar-refractivity contribution is 5.96. The SMILES string of the molecule is CC(C)CC(=O)c1ccnc(C#Cc2ccc(Nc3ncc(-c4ccccn4)c(NC4CCC(O)CC4)n3)cc2)c1. The summed E-state index contributed by atoms with van der Waals surface area (Å²) in [5.41, 5.74) is 4.48. The van der Waals surface area contributed by atoms with Crippen LogP contribution in [0.15, 0.2) is 73.2 Å². The van der Waals surface area contributed by atoms with Crippen molar-refractivity contribution in [3.05, 3.63) is 90.0 Å². The largest absolute Gasteiger partial charge is 0.393 e. The minimum Gasteiger partial charge on any atom is -0.393 e. The van der Waals surface area contributed by atoms with E-state index in [4.69, 9.17) is 4.98 Å². The maximum absolute atomic E-state index is 12.4. The van der Waals surface area contributed by atoms with Gasteiger partial charge >= 0.3 is 0 Å². The molecule has 4 aromatic rings. The van der Waals surface area contributed by atoms with Gasteiger partial charge in [-0.15, -0.1) is 0 Å². The maximum Gasteiger partial charge on any atom is 0.229 e. The van der Waals surface area contributed by atoms with Crippen molar-refractivity contribution in [3.63, 3.8) is 0 Å². The molecular weight excluding hydrogens is 512 g/mol. The normalized spacial score (nSPS) is 16.5. The number of hydrogen-bond donors (Lipinski definition) is 3. The summed E-state index contributed by atoms with van der Waals surface area (Å²) in [4.78, 5) is 30.5. The molecule has 8 nitrogen and oxygen atoms in total. The Balaban J connectivity index is 1.30. The summed E-state index contributed by atoms with van der Waals surface area (Å²) in [5, 5.41) is 16.8. The molecule has 1 fully saturated rings. The third-order valence-electron chi connectivity index (χ3n) is 6.92. The number of Topliss-reactive ketones (excluding diaryl/α,β-unsaturated/α-hetero) is 1. The molecule has 0 amide bonds. The number of ketones is 1. The first kappa shape index (κ1) is 27.9. The van der Waals surface area contributed by atoms with Gasteiger partial charge in [0.25, 0.3) is 0 Å². The first-order chi connectivity index (χ1) is 19.9. The summed E-state index contributed by atoms with van der Waals surface area (Å²) < 4.78 is 0. The van der Waals surface area contributed by atoms with Crippen molar-refractivity contribution in [1.29, 1.82) is 0 Å². The second-order valence-electron chi connectivity index (χ2n) is 10.7. The van der Waals surface area contributed by atoms with E-state index >= 15 is 0 Å². The smallest absolute Gasteiger partial charge is 0.229 e. The molecule has 0 spiro atoms. The summed E-state index contributed by atoms with van der Waals surface area (Å²) in [6, 6.07) is 17.2. The number of nitrogens with one attached hydrogen (secondary N) is 2. The second-order valence-corrected chi connectivity index (χ2v) is 10.7. The van der Waals surface area contributed by atoms with Crippen LogP contribution in [0.25, 0.3) is 11.3 Å². The van der Waals surface area contributed by atoms with Crippen LogP contribution in [0.2, 0.25) is 0 Å². The van der Waals surface area contributed by atoms with Crippen LogP contribution in [0.1, 0.15) is 67.6 Å². The summed E-state index contributed by atoms with van der Waals surface area (Å²) in [5.74, 6) is 7.77. The minimum atomic E-state index is -0.223. The first-order valence-corrected chi connectivity index (χ1v) is 14.0. The highest BCUT2D eigenvalue weighted by atomic mass is 16.3. The summed E-state index contributed by atoms with van der Waals surface area (Å²) >= 11 is 0. The summed E-state index contributed by atoms with van der Waals surface area (Å²) in [6.07, 6.45) is 8.76. The lowest BCUT2D eigenvalue weighted by Gasteiger charge is -2.27. The molecule has 208 valence electrons. The van der Waals surface area contributed by atoms with Crippen LogP contribution >= 0.6 is 0 Å². The van der Waals surface area contributed by atoms with E-state index in [1.54, 1.807) is 30.7 Å². The van der Waals surface area contributed by atoms with Crippen LogP contribution in [0.4, 0.5) is 17.5 Å². The molecule has 1 aliphatic carbocycles. The highest BCUT2D eigenvalue weighted by Gasteiger charge is 2.21. The number of aliphatic hydroxyl groups excluding tert-OH is 1. The molecule has 0 atom stereocenters. The van der Waals surface area contributed by atoms with Crippen LogP contribution in [0.5, 0.6) is 0 Å². The van der Waals surface area contributed by atoms with Gasteiger partial charge in [0.15, 0.2) is 5.78 Å². The molecule has 1 aromatic carbocycles. The van der Waals surface area contributed by atoms with E-state index in [0.29, 0.717) is 35.4 Å². The number of aromatic nitrogens is 4. The molecule has 0 bridgehead atoms. The zero-order valence-corrected chi connectivity index (χ0v) is 23.3. The summed E-state index contributed by atoms with van der Waals surface area (Å²) in [7, 11) is 0. The van der Waals surface area contributed by atoms with Crippen molar-refractivity contribution >= 4 is 23.2 Å². The van der Waals surface area contributed by atoms with Crippen LogP contribution in [0, 0.1) is 17.8 Å². The number of carbonyl (C=O) groups is 1. The fourth-order valence-corrected chi connectivity index (χ4v) is 4.74. The lowest BCUT2D eigenvalue weighted by molar-refractivity contribution is 0.0967. The fraction of sp³-hybridized carbons (Fsp3) is 0.303. The second kappa shape index (κ2) is 13.2. The molecule has 1 saturated carbocycles. The Morgan fingerprint density at radius 1 is 0.976 bits per heavy atom. The Bertz CT molecular complexity index is 1540. The number of nitrogens with zero attached hydrogens (tertiary/aromatic N) is 4. The molecule has 0 aliphatic heterocycles. The molecular formula is C33H34N6O2. The van der Waals surface area contributed by atoms with E-state index in [-0.39, 0.29) is 17.9 Å². The molecule has 3 heterocycles. The van der Waals surface area contributed by atoms with Gasteiger partial charge in [-0.05, 0) is 86.1 Å². The van der Waals surface area contributed by atoms with Crippen LogP contribution in [-0.2, 0) is 0 Å². The number of benzene rings is 1. The number of anilines is 3. The molecule has 0 radical (unpaired) electrons. The maximum atomic E-state index is 12.4. The van der Waals surface area contributed by atoms with Crippen molar-refractivity contribution < 1.29 is 9.90 Å². The van der Waals surface area contributed by atoms with E-state index in [0.717, 1.165) is 48.2 Å². The van der Waals surface area contributed by atoms with Gasteiger partial charge in [0.05, 0.1) is 17.4 Å². The molecule has 0 saturated heterocycles. The predicted octanol–water partition coefficient (Wildman–Crippen LogP) is 6.02. The molecule has 1 aliphatic rings. The van der Waals surface area contributed by atoms with Gasteiger partial charge in [-0.1, -0.05) is 25.8 Å². The van der Waals surface area contributed by atoms with Gasteiger partial charge in [-0.2, -0.15) is 4.98 Å². The van der Waals surface area contributed by atoms with E-state index in [1.807, 2.05) is 56.3 Å². The molecule has 41 heavy (non-hydrogen) atoms. The van der Waals surface area contributed by atoms with Crippen molar-refractivity contribution in [1.82, 2.24) is 19.9 Å². The number of rotatable bonds is 8. The van der Waals surface area contributed by atoms with Crippen molar-refractivity contribution in [3.8, 4) is 23.1 Å². The van der Waals surface area contributed by atoms with Crippen LogP contribution in [0.3, 0.4) is 0 Å². The Kier molecular flexibility index (Phi) is 8.97. The van der Waals surface area contributed by atoms with E-state index in [9.17, 15) is 9.90 Å². The lowest BCUT2D eigenvalue weighted by Crippen LogP contribution is -2.29. The number of pyridine rings is 2. The first-order valence-electron chi connectivity index (χ1n) is 14.0. The Morgan fingerprint density at radius 2 is 1.78 bits per heavy atom. The van der Waals surface area contributed by atoms with Crippen LogP contribution < -0.4 is 10.6 Å². The minimum absolute atomic E-state index is 0.104. The van der Waals surface area contributed by atoms with E-state index in [1.165, 1.54) is 0 Å². The zero-order valence-electron chi connectivity index (χ0n) is 23.3. The van der Waals surface area contributed by atoms with Gasteiger partial charge in [0.2, 0.25) is 5.95 Å². The third kappa shape index (κ3) is 7.74. The molecule has 0 unspecified atom stereocenters. The average molecular weight is 547 g/mol. The van der Waals surface area contributed by atoms with E-state index in [2.05, 4.69) is 37.4 Å². The van der Waals surface area contributed by atoms with Crippen molar-refractivity contribution in [2.45, 2.75) is 58.1 Å². The Morgan fingerprint density at radius 3 is 2.51 bits per heavy atom. The molecule has 5 rings (SSSR count). The van der Waals surface area contributed by atoms with Gasteiger partial charge < -0.3 is 15.7 Å². The summed E-state index contributed by atoms with van der Waals surface area (Å²) in [6.45, 7) is 4.06. The lowest BCUT2D eigenvalue weighted by atomic mass is 9.93. The fourth-order valence-electron chi connectivity index (χ4n) is 4.74. The number of carbonyl (C=O) groups excluding carboxylic acids is 1. The topological polar surface area (TPSA) is 113 Å².